The van der Waals surface area contributed by atoms with E-state index in [1.54, 1.807) is 6.07 Å². The molecule has 146 valence electrons. The van der Waals surface area contributed by atoms with Gasteiger partial charge in [0.25, 0.3) is 0 Å². The molecule has 0 radical (unpaired) electrons. The van der Waals surface area contributed by atoms with Crippen LogP contribution < -0.4 is 11.5 Å². The van der Waals surface area contributed by atoms with E-state index in [2.05, 4.69) is 4.98 Å². The maximum absolute atomic E-state index is 12.1. The smallest absolute Gasteiger partial charge is 0.475 e. The number of likely N-dealkylation sites (tertiary alicyclic amines) is 1. The molecule has 2 aromatic rings. The van der Waals surface area contributed by atoms with E-state index < -0.39 is 12.1 Å². The number of anilines is 1. The number of hydrogen-bond donors (Lipinski definition) is 3. The van der Waals surface area contributed by atoms with Crippen LogP contribution in [-0.4, -0.2) is 46.1 Å². The van der Waals surface area contributed by atoms with Crippen LogP contribution in [0.2, 0.25) is 0 Å². The topological polar surface area (TPSA) is 123 Å². The number of carboxylic acids is 1. The summed E-state index contributed by atoms with van der Waals surface area (Å²) in [5.41, 5.74) is 13.3. The first-order valence-electron chi connectivity index (χ1n) is 8.06. The molecular formula is C17H19F3N4O3. The number of alkyl halides is 3. The molecule has 1 aromatic carbocycles. The summed E-state index contributed by atoms with van der Waals surface area (Å²) in [5, 5.41) is 8.17. The van der Waals surface area contributed by atoms with Gasteiger partial charge in [-0.15, -0.1) is 0 Å². The summed E-state index contributed by atoms with van der Waals surface area (Å²) in [4.78, 5) is 27.2. The molecular weight excluding hydrogens is 365 g/mol. The molecule has 7 nitrogen and oxygen atoms in total. The second kappa shape index (κ2) is 8.21. The summed E-state index contributed by atoms with van der Waals surface area (Å²) in [7, 11) is 0. The number of fused-ring (bicyclic) bond motifs is 1. The molecule has 10 heteroatoms. The minimum Gasteiger partial charge on any atom is -0.475 e. The Bertz CT molecular complexity index is 842. The second-order valence-electron chi connectivity index (χ2n) is 6.00. The molecule has 0 aliphatic carbocycles. The number of rotatable bonds is 3. The lowest BCUT2D eigenvalue weighted by molar-refractivity contribution is -0.192. The average molecular weight is 384 g/mol. The van der Waals surface area contributed by atoms with Gasteiger partial charge in [0.2, 0.25) is 5.91 Å². The third kappa shape index (κ3) is 5.07. The highest BCUT2D eigenvalue weighted by molar-refractivity contribution is 5.85. The van der Waals surface area contributed by atoms with Gasteiger partial charge in [-0.2, -0.15) is 13.2 Å². The van der Waals surface area contributed by atoms with Crippen molar-refractivity contribution in [3.63, 3.8) is 0 Å². The van der Waals surface area contributed by atoms with E-state index in [0.29, 0.717) is 18.9 Å². The summed E-state index contributed by atoms with van der Waals surface area (Å²) >= 11 is 0. The molecule has 1 aliphatic rings. The van der Waals surface area contributed by atoms with Crippen molar-refractivity contribution in [3.8, 4) is 0 Å². The van der Waals surface area contributed by atoms with Crippen molar-refractivity contribution in [1.29, 1.82) is 0 Å². The maximum atomic E-state index is 12.1. The van der Waals surface area contributed by atoms with Crippen LogP contribution in [0, 0.1) is 5.92 Å². The van der Waals surface area contributed by atoms with Gasteiger partial charge >= 0.3 is 12.1 Å². The molecule has 3 rings (SSSR count). The van der Waals surface area contributed by atoms with Gasteiger partial charge in [0.1, 0.15) is 5.82 Å². The zero-order valence-corrected chi connectivity index (χ0v) is 14.2. The fourth-order valence-electron chi connectivity index (χ4n) is 2.76. The SMILES string of the molecule is NC[C@@H]1CCN(Cc2cccc3nc(N)ccc23)C1=O.O=C(O)C(F)(F)F. The van der Waals surface area contributed by atoms with Crippen LogP contribution in [0.5, 0.6) is 0 Å². The van der Waals surface area contributed by atoms with Crippen molar-refractivity contribution >= 4 is 28.6 Å². The molecule has 1 atom stereocenters. The van der Waals surface area contributed by atoms with E-state index in [4.69, 9.17) is 21.4 Å². The van der Waals surface area contributed by atoms with Gasteiger partial charge in [0.05, 0.1) is 11.4 Å². The number of carboxylic acid groups (broad SMARTS) is 1. The number of amides is 1. The van der Waals surface area contributed by atoms with Crippen LogP contribution in [0.4, 0.5) is 19.0 Å². The Morgan fingerprint density at radius 3 is 2.52 bits per heavy atom. The summed E-state index contributed by atoms with van der Waals surface area (Å²) in [6, 6.07) is 9.67. The number of nitrogens with zero attached hydrogens (tertiary/aromatic N) is 2. The van der Waals surface area contributed by atoms with Crippen molar-refractivity contribution < 1.29 is 27.9 Å². The van der Waals surface area contributed by atoms with E-state index in [9.17, 15) is 18.0 Å². The number of pyridine rings is 1. The first kappa shape index (κ1) is 20.4. The normalized spacial score (nSPS) is 17.0. The average Bonchev–Trinajstić information content (AvgIpc) is 2.94. The first-order valence-corrected chi connectivity index (χ1v) is 8.06. The molecule has 2 heterocycles. The van der Waals surface area contributed by atoms with Gasteiger partial charge in [0, 0.05) is 25.0 Å². The standard InChI is InChI=1S/C15H18N4O.C2HF3O2/c16-8-10-6-7-19(15(10)20)9-11-2-1-3-13-12(11)4-5-14(17)18-13;3-2(4,5)1(6)7/h1-5,10H,6-9,16H2,(H2,17,18);(H,6,7)/t10-;/m0./s1. The fraction of sp³-hybridized carbons (Fsp3) is 0.353. The van der Waals surface area contributed by atoms with Crippen LogP contribution in [0.15, 0.2) is 30.3 Å². The lowest BCUT2D eigenvalue weighted by Crippen LogP contribution is -2.29. The third-order valence-electron chi connectivity index (χ3n) is 4.14. The number of nitrogen functional groups attached to an aromatic ring is 1. The maximum Gasteiger partial charge on any atom is 0.490 e. The number of aliphatic carboxylic acids is 1. The number of nitrogens with two attached hydrogens (primary N) is 2. The molecule has 0 unspecified atom stereocenters. The first-order chi connectivity index (χ1) is 12.6. The Morgan fingerprint density at radius 1 is 1.30 bits per heavy atom. The summed E-state index contributed by atoms with van der Waals surface area (Å²) in [5.74, 6) is -2.10. The van der Waals surface area contributed by atoms with Crippen LogP contribution in [0.1, 0.15) is 12.0 Å². The van der Waals surface area contributed by atoms with E-state index in [0.717, 1.165) is 29.4 Å². The second-order valence-corrected chi connectivity index (χ2v) is 6.00. The third-order valence-corrected chi connectivity index (χ3v) is 4.14. The van der Waals surface area contributed by atoms with Gasteiger partial charge in [0.15, 0.2) is 0 Å². The molecule has 27 heavy (non-hydrogen) atoms. The van der Waals surface area contributed by atoms with Crippen LogP contribution >= 0.6 is 0 Å². The molecule has 1 aliphatic heterocycles. The fourth-order valence-corrected chi connectivity index (χ4v) is 2.76. The van der Waals surface area contributed by atoms with Crippen LogP contribution in [0.3, 0.4) is 0 Å². The molecule has 0 bridgehead atoms. The Labute approximate surface area is 152 Å². The van der Waals surface area contributed by atoms with Crippen LogP contribution in [-0.2, 0) is 16.1 Å². The highest BCUT2D eigenvalue weighted by Crippen LogP contribution is 2.24. The lowest BCUT2D eigenvalue weighted by atomic mass is 10.1. The largest absolute Gasteiger partial charge is 0.490 e. The number of carbonyl (C=O) groups excluding carboxylic acids is 1. The van der Waals surface area contributed by atoms with Gasteiger partial charge in [-0.1, -0.05) is 12.1 Å². The summed E-state index contributed by atoms with van der Waals surface area (Å²) in [6.45, 7) is 1.82. The molecule has 1 amide bonds. The van der Waals surface area contributed by atoms with Crippen molar-refractivity contribution in [1.82, 2.24) is 9.88 Å². The van der Waals surface area contributed by atoms with Crippen molar-refractivity contribution in [3.05, 3.63) is 35.9 Å². The number of carbonyl (C=O) groups is 2. The number of halogens is 3. The Kier molecular flexibility index (Phi) is 6.21. The molecule has 1 saturated heterocycles. The van der Waals surface area contributed by atoms with Gasteiger partial charge in [-0.25, -0.2) is 9.78 Å². The molecule has 1 aromatic heterocycles. The van der Waals surface area contributed by atoms with E-state index in [1.165, 1.54) is 0 Å². The minimum atomic E-state index is -5.08. The minimum absolute atomic E-state index is 0.0151. The van der Waals surface area contributed by atoms with Gasteiger partial charge in [-0.3, -0.25) is 4.79 Å². The Morgan fingerprint density at radius 2 is 1.96 bits per heavy atom. The monoisotopic (exact) mass is 384 g/mol. The molecule has 0 spiro atoms. The Hall–Kier alpha value is -2.88. The predicted octanol–water partition coefficient (Wildman–Crippen LogP) is 1.76. The van der Waals surface area contributed by atoms with E-state index in [1.807, 2.05) is 29.2 Å². The number of hydrogen-bond acceptors (Lipinski definition) is 5. The van der Waals surface area contributed by atoms with Crippen molar-refractivity contribution in [2.45, 2.75) is 19.1 Å². The molecule has 1 fully saturated rings. The van der Waals surface area contributed by atoms with Gasteiger partial charge in [-0.05, 0) is 30.2 Å². The Balaban J connectivity index is 0.000000321. The van der Waals surface area contributed by atoms with Crippen LogP contribution in [0.25, 0.3) is 10.9 Å². The zero-order valence-electron chi connectivity index (χ0n) is 14.2. The quantitative estimate of drug-likeness (QED) is 0.741. The summed E-state index contributed by atoms with van der Waals surface area (Å²) in [6.07, 6.45) is -4.23. The zero-order chi connectivity index (χ0) is 20.2. The molecule has 5 N–H and O–H groups in total. The predicted molar refractivity (Wildman–Crippen MR) is 92.4 cm³/mol. The molecule has 0 saturated carbocycles. The lowest BCUT2D eigenvalue weighted by Gasteiger charge is -2.17. The number of benzene rings is 1. The summed E-state index contributed by atoms with van der Waals surface area (Å²) < 4.78 is 31.7. The van der Waals surface area contributed by atoms with Gasteiger partial charge < -0.3 is 21.5 Å². The van der Waals surface area contributed by atoms with Crippen molar-refractivity contribution in [2.24, 2.45) is 11.7 Å². The van der Waals surface area contributed by atoms with E-state index in [-0.39, 0.29) is 11.8 Å². The highest BCUT2D eigenvalue weighted by atomic mass is 19.4. The highest BCUT2D eigenvalue weighted by Gasteiger charge is 2.38. The van der Waals surface area contributed by atoms with Crippen molar-refractivity contribution in [2.75, 3.05) is 18.8 Å². The number of aromatic nitrogens is 1. The van der Waals surface area contributed by atoms with E-state index >= 15 is 0 Å².